The van der Waals surface area contributed by atoms with Crippen LogP contribution in [0.1, 0.15) is 18.9 Å². The number of rotatable bonds is 3. The van der Waals surface area contributed by atoms with Gasteiger partial charge in [0.15, 0.2) is 0 Å². The van der Waals surface area contributed by atoms with Gasteiger partial charge in [0.25, 0.3) is 0 Å². The van der Waals surface area contributed by atoms with Crippen molar-refractivity contribution < 1.29 is 17.6 Å². The number of likely N-dealkylation sites (tertiary alicyclic amines) is 1. The Labute approximate surface area is 148 Å². The molecule has 0 unspecified atom stereocenters. The molecule has 6 nitrogen and oxygen atoms in total. The van der Waals surface area contributed by atoms with E-state index in [4.69, 9.17) is 0 Å². The molecule has 1 amide bonds. The molecule has 2 atom stereocenters. The van der Waals surface area contributed by atoms with E-state index in [1.165, 1.54) is 29.4 Å². The molecule has 0 saturated carbocycles. The smallest absolute Gasteiger partial charge is 0.243 e. The Balaban J connectivity index is 1.93. The summed E-state index contributed by atoms with van der Waals surface area (Å²) in [4.78, 5) is 13.9. The fraction of sp³-hybridized carbons (Fsp3) is 0.588. The van der Waals surface area contributed by atoms with Crippen LogP contribution in [0.5, 0.6) is 0 Å². The monoisotopic (exact) mass is 369 g/mol. The summed E-state index contributed by atoms with van der Waals surface area (Å²) in [5.41, 5.74) is -0.268. The van der Waals surface area contributed by atoms with Crippen LogP contribution >= 0.6 is 0 Å². The molecule has 0 radical (unpaired) electrons. The van der Waals surface area contributed by atoms with Gasteiger partial charge in [-0.05, 0) is 56.6 Å². The van der Waals surface area contributed by atoms with E-state index in [0.717, 1.165) is 13.0 Å². The summed E-state index contributed by atoms with van der Waals surface area (Å²) in [7, 11) is -1.76. The summed E-state index contributed by atoms with van der Waals surface area (Å²) in [5, 5.41) is 3.01. The van der Waals surface area contributed by atoms with Crippen molar-refractivity contribution in [2.24, 2.45) is 5.92 Å². The first-order valence-corrected chi connectivity index (χ1v) is 9.82. The van der Waals surface area contributed by atoms with Gasteiger partial charge in [0.2, 0.25) is 15.9 Å². The number of hydrogen-bond acceptors (Lipinski definition) is 4. The van der Waals surface area contributed by atoms with Crippen molar-refractivity contribution in [1.82, 2.24) is 14.5 Å². The number of nitrogens with one attached hydrogen (secondary N) is 1. The summed E-state index contributed by atoms with van der Waals surface area (Å²) >= 11 is 0. The molecule has 3 rings (SSSR count). The highest BCUT2D eigenvalue weighted by Crippen LogP contribution is 2.37. The minimum atomic E-state index is -3.73. The first kappa shape index (κ1) is 18.3. The number of amides is 1. The van der Waals surface area contributed by atoms with E-state index in [0.29, 0.717) is 18.7 Å². The molecule has 2 heterocycles. The van der Waals surface area contributed by atoms with E-state index in [9.17, 15) is 17.6 Å². The van der Waals surface area contributed by atoms with Gasteiger partial charge in [0, 0.05) is 26.6 Å². The van der Waals surface area contributed by atoms with Crippen LogP contribution in [-0.4, -0.2) is 62.3 Å². The van der Waals surface area contributed by atoms with Crippen molar-refractivity contribution in [3.8, 4) is 0 Å². The molecule has 8 heteroatoms. The Morgan fingerprint density at radius 1 is 1.36 bits per heavy atom. The van der Waals surface area contributed by atoms with E-state index in [2.05, 4.69) is 10.2 Å². The topological polar surface area (TPSA) is 69.7 Å². The van der Waals surface area contributed by atoms with Crippen molar-refractivity contribution in [2.75, 3.05) is 33.2 Å². The fourth-order valence-corrected chi connectivity index (χ4v) is 5.69. The van der Waals surface area contributed by atoms with Crippen LogP contribution in [0, 0.1) is 18.7 Å². The standard InChI is InChI=1S/C17H24FN3O3S/c1-12-8-15(4-5-16(12)18)25(23,24)21-9-14-6-7-20(3)10-17(14,11-21)19-13(2)22/h4-5,8,14H,6-7,9-11H2,1-3H3,(H,19,22)/t14-,17-/m1/s1. The summed E-state index contributed by atoms with van der Waals surface area (Å²) in [6.45, 7) is 5.10. The van der Waals surface area contributed by atoms with Crippen molar-refractivity contribution in [2.45, 2.75) is 30.7 Å². The number of carbonyl (C=O) groups excluding carboxylic acids is 1. The molecule has 0 spiro atoms. The number of halogens is 1. The lowest BCUT2D eigenvalue weighted by Gasteiger charge is -2.43. The lowest BCUT2D eigenvalue weighted by Crippen LogP contribution is -2.62. The maximum Gasteiger partial charge on any atom is 0.243 e. The molecule has 0 aliphatic carbocycles. The molecule has 138 valence electrons. The van der Waals surface area contributed by atoms with Gasteiger partial charge in [-0.1, -0.05) is 0 Å². The Hall–Kier alpha value is -1.51. The van der Waals surface area contributed by atoms with Gasteiger partial charge in [-0.25, -0.2) is 12.8 Å². The second-order valence-electron chi connectivity index (χ2n) is 7.27. The zero-order valence-corrected chi connectivity index (χ0v) is 15.6. The van der Waals surface area contributed by atoms with Gasteiger partial charge in [0.05, 0.1) is 10.4 Å². The lowest BCUT2D eigenvalue weighted by atomic mass is 9.81. The maximum absolute atomic E-state index is 13.5. The first-order chi connectivity index (χ1) is 11.6. The Kier molecular flexibility index (Phi) is 4.63. The molecular weight excluding hydrogens is 345 g/mol. The van der Waals surface area contributed by atoms with Gasteiger partial charge in [0.1, 0.15) is 5.82 Å². The zero-order chi connectivity index (χ0) is 18.4. The summed E-state index contributed by atoms with van der Waals surface area (Å²) in [6.07, 6.45) is 0.825. The predicted octanol–water partition coefficient (Wildman–Crippen LogP) is 0.965. The normalized spacial score (nSPS) is 27.9. The van der Waals surface area contributed by atoms with Gasteiger partial charge in [-0.15, -0.1) is 0 Å². The van der Waals surface area contributed by atoms with E-state index < -0.39 is 21.4 Å². The highest BCUT2D eigenvalue weighted by molar-refractivity contribution is 7.89. The minimum absolute atomic E-state index is 0.0731. The molecule has 2 aliphatic heterocycles. The zero-order valence-electron chi connectivity index (χ0n) is 14.8. The third-order valence-electron chi connectivity index (χ3n) is 5.27. The van der Waals surface area contributed by atoms with Gasteiger partial charge < -0.3 is 10.2 Å². The number of benzene rings is 1. The van der Waals surface area contributed by atoms with Gasteiger partial charge >= 0.3 is 0 Å². The third kappa shape index (κ3) is 3.30. The number of fused-ring (bicyclic) bond motifs is 1. The highest BCUT2D eigenvalue weighted by Gasteiger charge is 2.52. The summed E-state index contributed by atoms with van der Waals surface area (Å²) < 4.78 is 41.0. The van der Waals surface area contributed by atoms with E-state index in [1.807, 2.05) is 7.05 Å². The third-order valence-corrected chi connectivity index (χ3v) is 7.08. The second kappa shape index (κ2) is 6.34. The Bertz CT molecular complexity index is 798. The van der Waals surface area contributed by atoms with Crippen LogP contribution < -0.4 is 5.32 Å². The summed E-state index contributed by atoms with van der Waals surface area (Å²) in [6, 6.07) is 3.85. The molecule has 0 aromatic heterocycles. The van der Waals surface area contributed by atoms with Crippen molar-refractivity contribution in [3.63, 3.8) is 0 Å². The van der Waals surface area contributed by atoms with Gasteiger partial charge in [-0.3, -0.25) is 4.79 Å². The Morgan fingerprint density at radius 2 is 2.08 bits per heavy atom. The van der Waals surface area contributed by atoms with Crippen LogP contribution in [0.4, 0.5) is 4.39 Å². The van der Waals surface area contributed by atoms with Crippen LogP contribution in [0.3, 0.4) is 0 Å². The molecule has 0 bridgehead atoms. The second-order valence-corrected chi connectivity index (χ2v) is 9.21. The number of piperidine rings is 1. The lowest BCUT2D eigenvalue weighted by molar-refractivity contribution is -0.121. The molecule has 1 aromatic rings. The minimum Gasteiger partial charge on any atom is -0.348 e. The SMILES string of the molecule is CC(=O)N[C@@]12CN(C)CC[C@@H]1CN(S(=O)(=O)c1ccc(F)c(C)c1)C2. The molecule has 2 saturated heterocycles. The van der Waals surface area contributed by atoms with Crippen molar-refractivity contribution in [3.05, 3.63) is 29.6 Å². The van der Waals surface area contributed by atoms with E-state index in [-0.39, 0.29) is 23.3 Å². The molecule has 2 fully saturated rings. The molecule has 1 aromatic carbocycles. The first-order valence-electron chi connectivity index (χ1n) is 8.38. The van der Waals surface area contributed by atoms with Crippen molar-refractivity contribution in [1.29, 1.82) is 0 Å². The number of likely N-dealkylation sites (N-methyl/N-ethyl adjacent to an activating group) is 1. The van der Waals surface area contributed by atoms with E-state index in [1.54, 1.807) is 6.92 Å². The average Bonchev–Trinajstić information content (AvgIpc) is 2.87. The van der Waals surface area contributed by atoms with Crippen LogP contribution in [-0.2, 0) is 14.8 Å². The Morgan fingerprint density at radius 3 is 2.72 bits per heavy atom. The number of hydrogen-bond donors (Lipinski definition) is 1. The average molecular weight is 369 g/mol. The van der Waals surface area contributed by atoms with Crippen LogP contribution in [0.15, 0.2) is 23.1 Å². The number of sulfonamides is 1. The molecular formula is C17H24FN3O3S. The fourth-order valence-electron chi connectivity index (χ4n) is 4.05. The number of aryl methyl sites for hydroxylation is 1. The molecule has 1 N–H and O–H groups in total. The maximum atomic E-state index is 13.5. The van der Waals surface area contributed by atoms with Gasteiger partial charge in [-0.2, -0.15) is 4.31 Å². The largest absolute Gasteiger partial charge is 0.348 e. The van der Waals surface area contributed by atoms with Crippen LogP contribution in [0.25, 0.3) is 0 Å². The molecule has 25 heavy (non-hydrogen) atoms. The number of carbonyl (C=O) groups is 1. The van der Waals surface area contributed by atoms with Crippen molar-refractivity contribution >= 4 is 15.9 Å². The molecule has 2 aliphatic rings. The highest BCUT2D eigenvalue weighted by atomic mass is 32.2. The van der Waals surface area contributed by atoms with Crippen LogP contribution in [0.2, 0.25) is 0 Å². The summed E-state index contributed by atoms with van der Waals surface area (Å²) in [5.74, 6) is -0.508. The van der Waals surface area contributed by atoms with E-state index >= 15 is 0 Å². The predicted molar refractivity (Wildman–Crippen MR) is 92.0 cm³/mol. The quantitative estimate of drug-likeness (QED) is 0.862. The number of nitrogens with zero attached hydrogens (tertiary/aromatic N) is 2.